The first kappa shape index (κ1) is 15.1. The van der Waals surface area contributed by atoms with Gasteiger partial charge in [0.05, 0.1) is 12.1 Å². The molecule has 20 heavy (non-hydrogen) atoms. The highest BCUT2D eigenvalue weighted by atomic mass is 16.5. The van der Waals surface area contributed by atoms with Gasteiger partial charge in [0.15, 0.2) is 0 Å². The van der Waals surface area contributed by atoms with Crippen LogP contribution >= 0.6 is 0 Å². The largest absolute Gasteiger partial charge is 0.459 e. The number of furan rings is 1. The zero-order chi connectivity index (χ0) is 14.5. The maximum Gasteiger partial charge on any atom is 0.134 e. The van der Waals surface area contributed by atoms with Crippen LogP contribution in [0.1, 0.15) is 44.1 Å². The Morgan fingerprint density at radius 1 is 1.30 bits per heavy atom. The first-order valence-corrected chi connectivity index (χ1v) is 7.40. The molecule has 0 fully saturated rings. The number of methoxy groups -OCH3 is 1. The minimum atomic E-state index is 0.206. The van der Waals surface area contributed by atoms with Crippen LogP contribution in [0.4, 0.5) is 0 Å². The minimum absolute atomic E-state index is 0.206. The van der Waals surface area contributed by atoms with Gasteiger partial charge in [-0.05, 0) is 51.4 Å². The molecule has 0 aliphatic carbocycles. The van der Waals surface area contributed by atoms with E-state index in [0.29, 0.717) is 0 Å². The number of fused-ring (bicyclic) bond motifs is 1. The average molecular weight is 275 g/mol. The SMILES string of the molecule is CCCNC(CC(C)OC)c1cc2cc(C)ccc2o1. The van der Waals surface area contributed by atoms with E-state index in [1.165, 1.54) is 10.9 Å². The van der Waals surface area contributed by atoms with Gasteiger partial charge < -0.3 is 14.5 Å². The van der Waals surface area contributed by atoms with Gasteiger partial charge in [-0.15, -0.1) is 0 Å². The van der Waals surface area contributed by atoms with Gasteiger partial charge in [0.25, 0.3) is 0 Å². The summed E-state index contributed by atoms with van der Waals surface area (Å²) in [7, 11) is 1.75. The van der Waals surface area contributed by atoms with E-state index in [1.807, 2.05) is 6.07 Å². The minimum Gasteiger partial charge on any atom is -0.459 e. The Morgan fingerprint density at radius 3 is 2.80 bits per heavy atom. The molecular weight excluding hydrogens is 250 g/mol. The summed E-state index contributed by atoms with van der Waals surface area (Å²) in [6.45, 7) is 7.35. The molecule has 0 amide bonds. The molecule has 110 valence electrons. The van der Waals surface area contributed by atoms with Crippen molar-refractivity contribution in [3.05, 3.63) is 35.6 Å². The summed E-state index contributed by atoms with van der Waals surface area (Å²) >= 11 is 0. The molecule has 1 N–H and O–H groups in total. The molecule has 2 aromatic rings. The van der Waals surface area contributed by atoms with Crippen LogP contribution in [0.2, 0.25) is 0 Å². The zero-order valence-electron chi connectivity index (χ0n) is 12.9. The van der Waals surface area contributed by atoms with Gasteiger partial charge in [-0.3, -0.25) is 0 Å². The molecule has 2 rings (SSSR count). The number of hydrogen-bond acceptors (Lipinski definition) is 3. The molecule has 0 aliphatic heterocycles. The van der Waals surface area contributed by atoms with E-state index in [9.17, 15) is 0 Å². The van der Waals surface area contributed by atoms with E-state index in [0.717, 1.165) is 30.7 Å². The lowest BCUT2D eigenvalue weighted by Crippen LogP contribution is -2.25. The van der Waals surface area contributed by atoms with Crippen LogP contribution in [0.25, 0.3) is 11.0 Å². The van der Waals surface area contributed by atoms with E-state index < -0.39 is 0 Å². The number of aryl methyl sites for hydroxylation is 1. The molecule has 0 aliphatic rings. The van der Waals surface area contributed by atoms with Gasteiger partial charge in [0.1, 0.15) is 11.3 Å². The summed E-state index contributed by atoms with van der Waals surface area (Å²) in [6.07, 6.45) is 2.23. The van der Waals surface area contributed by atoms with E-state index in [2.05, 4.69) is 44.3 Å². The predicted octanol–water partition coefficient (Wildman–Crippen LogP) is 4.21. The molecule has 0 radical (unpaired) electrons. The van der Waals surface area contributed by atoms with Crippen LogP contribution in [0.15, 0.2) is 28.7 Å². The molecule has 1 aromatic carbocycles. The van der Waals surface area contributed by atoms with Crippen LogP contribution in [-0.4, -0.2) is 19.8 Å². The van der Waals surface area contributed by atoms with E-state index in [1.54, 1.807) is 7.11 Å². The molecule has 1 aromatic heterocycles. The third-order valence-electron chi connectivity index (χ3n) is 3.65. The molecule has 2 atom stereocenters. The standard InChI is InChI=1S/C17H25NO2/c1-5-8-18-15(10-13(3)19-4)17-11-14-9-12(2)6-7-16(14)20-17/h6-7,9,11,13,15,18H,5,8,10H2,1-4H3. The summed E-state index contributed by atoms with van der Waals surface area (Å²) in [5, 5.41) is 4.73. The Morgan fingerprint density at radius 2 is 2.10 bits per heavy atom. The zero-order valence-corrected chi connectivity index (χ0v) is 12.9. The van der Waals surface area contributed by atoms with Crippen molar-refractivity contribution in [2.45, 2.75) is 45.8 Å². The molecule has 2 unspecified atom stereocenters. The molecule has 3 nitrogen and oxygen atoms in total. The van der Waals surface area contributed by atoms with Crippen molar-refractivity contribution in [2.75, 3.05) is 13.7 Å². The Balaban J connectivity index is 2.24. The Kier molecular flexibility index (Phi) is 5.21. The van der Waals surface area contributed by atoms with Crippen LogP contribution in [0.5, 0.6) is 0 Å². The summed E-state index contributed by atoms with van der Waals surface area (Å²) in [6, 6.07) is 8.65. The third kappa shape index (κ3) is 3.62. The predicted molar refractivity (Wildman–Crippen MR) is 83.1 cm³/mol. The van der Waals surface area contributed by atoms with Gasteiger partial charge in [-0.25, -0.2) is 0 Å². The third-order valence-corrected chi connectivity index (χ3v) is 3.65. The van der Waals surface area contributed by atoms with Crippen molar-refractivity contribution < 1.29 is 9.15 Å². The quantitative estimate of drug-likeness (QED) is 0.822. The Bertz CT molecular complexity index is 547. The highest BCUT2D eigenvalue weighted by Gasteiger charge is 2.18. The fraction of sp³-hybridized carbons (Fsp3) is 0.529. The van der Waals surface area contributed by atoms with Crippen molar-refractivity contribution in [1.29, 1.82) is 0 Å². The fourth-order valence-electron chi connectivity index (χ4n) is 2.40. The van der Waals surface area contributed by atoms with Gasteiger partial charge in [0.2, 0.25) is 0 Å². The van der Waals surface area contributed by atoms with Crippen LogP contribution in [0.3, 0.4) is 0 Å². The first-order chi connectivity index (χ1) is 9.63. The topological polar surface area (TPSA) is 34.4 Å². The molecule has 3 heteroatoms. The van der Waals surface area contributed by atoms with Crippen LogP contribution < -0.4 is 5.32 Å². The average Bonchev–Trinajstić information content (AvgIpc) is 2.85. The van der Waals surface area contributed by atoms with Crippen molar-refractivity contribution >= 4 is 11.0 Å². The second-order valence-electron chi connectivity index (χ2n) is 5.48. The van der Waals surface area contributed by atoms with E-state index in [-0.39, 0.29) is 12.1 Å². The fourth-order valence-corrected chi connectivity index (χ4v) is 2.40. The lowest BCUT2D eigenvalue weighted by Gasteiger charge is -2.19. The highest BCUT2D eigenvalue weighted by Crippen LogP contribution is 2.27. The number of ether oxygens (including phenoxy) is 1. The summed E-state index contributed by atoms with van der Waals surface area (Å²) in [4.78, 5) is 0. The molecule has 0 saturated carbocycles. The van der Waals surface area contributed by atoms with Gasteiger partial charge in [0, 0.05) is 12.5 Å². The first-order valence-electron chi connectivity index (χ1n) is 7.40. The molecular formula is C17H25NO2. The number of nitrogens with one attached hydrogen (secondary N) is 1. The number of benzene rings is 1. The van der Waals surface area contributed by atoms with Crippen molar-refractivity contribution in [1.82, 2.24) is 5.32 Å². The normalized spacial score (nSPS) is 14.6. The maximum absolute atomic E-state index is 6.01. The summed E-state index contributed by atoms with van der Waals surface area (Å²) in [5.74, 6) is 1.00. The van der Waals surface area contributed by atoms with Gasteiger partial charge in [-0.1, -0.05) is 18.6 Å². The number of rotatable bonds is 7. The number of hydrogen-bond donors (Lipinski definition) is 1. The lowest BCUT2D eigenvalue weighted by atomic mass is 10.1. The summed E-state index contributed by atoms with van der Waals surface area (Å²) in [5.41, 5.74) is 2.21. The lowest BCUT2D eigenvalue weighted by molar-refractivity contribution is 0.0978. The van der Waals surface area contributed by atoms with E-state index in [4.69, 9.17) is 9.15 Å². The molecule has 0 saturated heterocycles. The van der Waals surface area contributed by atoms with E-state index >= 15 is 0 Å². The van der Waals surface area contributed by atoms with Crippen molar-refractivity contribution in [2.24, 2.45) is 0 Å². The summed E-state index contributed by atoms with van der Waals surface area (Å²) < 4.78 is 11.4. The Hall–Kier alpha value is -1.32. The monoisotopic (exact) mass is 275 g/mol. The maximum atomic E-state index is 6.01. The van der Waals surface area contributed by atoms with Crippen molar-refractivity contribution in [3.63, 3.8) is 0 Å². The highest BCUT2D eigenvalue weighted by molar-refractivity contribution is 5.78. The van der Waals surface area contributed by atoms with Crippen LogP contribution in [0, 0.1) is 6.92 Å². The smallest absolute Gasteiger partial charge is 0.134 e. The van der Waals surface area contributed by atoms with Crippen LogP contribution in [-0.2, 0) is 4.74 Å². The Labute approximate surface area is 121 Å². The second kappa shape index (κ2) is 6.91. The molecule has 1 heterocycles. The molecule has 0 bridgehead atoms. The molecule has 0 spiro atoms. The van der Waals surface area contributed by atoms with Gasteiger partial charge >= 0.3 is 0 Å². The van der Waals surface area contributed by atoms with Crippen molar-refractivity contribution in [3.8, 4) is 0 Å². The second-order valence-corrected chi connectivity index (χ2v) is 5.48. The van der Waals surface area contributed by atoms with Gasteiger partial charge in [-0.2, -0.15) is 0 Å².